The second-order valence-electron chi connectivity index (χ2n) is 6.49. The van der Waals surface area contributed by atoms with Crippen LogP contribution in [0.4, 0.5) is 4.79 Å². The number of rotatable bonds is 4. The van der Waals surface area contributed by atoms with Crippen LogP contribution in [0.25, 0.3) is 0 Å². The number of benzene rings is 1. The van der Waals surface area contributed by atoms with E-state index in [2.05, 4.69) is 34.5 Å². The van der Waals surface area contributed by atoms with Gasteiger partial charge in [-0.3, -0.25) is 4.90 Å². The molecule has 0 aliphatic carbocycles. The van der Waals surface area contributed by atoms with Crippen molar-refractivity contribution in [3.63, 3.8) is 0 Å². The largest absolute Gasteiger partial charge is 0.381 e. The Morgan fingerprint density at radius 3 is 2.48 bits per heavy atom. The zero-order chi connectivity index (χ0) is 15.9. The molecular formula is C18H27N3O2. The summed E-state index contributed by atoms with van der Waals surface area (Å²) in [5, 5.41) is 3.10. The number of ether oxygens (including phenoxy) is 1. The average molecular weight is 317 g/mol. The summed E-state index contributed by atoms with van der Waals surface area (Å²) in [7, 11) is 0. The molecule has 5 nitrogen and oxygen atoms in total. The molecule has 0 spiro atoms. The van der Waals surface area contributed by atoms with Crippen molar-refractivity contribution in [2.24, 2.45) is 5.92 Å². The predicted octanol–water partition coefficient (Wildman–Crippen LogP) is 1.94. The lowest BCUT2D eigenvalue weighted by Crippen LogP contribution is -2.52. The van der Waals surface area contributed by atoms with Gasteiger partial charge in [0.25, 0.3) is 0 Å². The lowest BCUT2D eigenvalue weighted by molar-refractivity contribution is 0.0658. The van der Waals surface area contributed by atoms with Gasteiger partial charge in [-0.1, -0.05) is 30.3 Å². The fourth-order valence-corrected chi connectivity index (χ4v) is 3.24. The third-order valence-electron chi connectivity index (χ3n) is 4.79. The summed E-state index contributed by atoms with van der Waals surface area (Å²) in [6.45, 7) is 6.93. The van der Waals surface area contributed by atoms with Gasteiger partial charge < -0.3 is 15.0 Å². The Kier molecular flexibility index (Phi) is 5.88. The van der Waals surface area contributed by atoms with Crippen LogP contribution in [-0.4, -0.2) is 61.8 Å². The van der Waals surface area contributed by atoms with Crippen molar-refractivity contribution >= 4 is 6.03 Å². The van der Waals surface area contributed by atoms with Crippen LogP contribution in [0.5, 0.6) is 0 Å². The zero-order valence-corrected chi connectivity index (χ0v) is 13.7. The maximum Gasteiger partial charge on any atom is 0.317 e. The van der Waals surface area contributed by atoms with E-state index in [9.17, 15) is 4.79 Å². The molecule has 2 heterocycles. The highest BCUT2D eigenvalue weighted by Gasteiger charge is 2.22. The first kappa shape index (κ1) is 16.3. The third kappa shape index (κ3) is 4.94. The molecule has 0 atom stereocenters. The quantitative estimate of drug-likeness (QED) is 0.923. The van der Waals surface area contributed by atoms with Crippen molar-refractivity contribution in [1.29, 1.82) is 0 Å². The lowest BCUT2D eigenvalue weighted by Gasteiger charge is -2.35. The van der Waals surface area contributed by atoms with Gasteiger partial charge in [0, 0.05) is 52.5 Å². The van der Waals surface area contributed by atoms with Crippen LogP contribution in [0.3, 0.4) is 0 Å². The fourth-order valence-electron chi connectivity index (χ4n) is 3.24. The van der Waals surface area contributed by atoms with Crippen molar-refractivity contribution in [3.05, 3.63) is 35.9 Å². The number of urea groups is 1. The van der Waals surface area contributed by atoms with Crippen LogP contribution in [0.2, 0.25) is 0 Å². The number of nitrogens with zero attached hydrogens (tertiary/aromatic N) is 2. The minimum Gasteiger partial charge on any atom is -0.381 e. The van der Waals surface area contributed by atoms with E-state index in [4.69, 9.17) is 4.74 Å². The lowest BCUT2D eigenvalue weighted by atomic mass is 10.0. The van der Waals surface area contributed by atoms with E-state index < -0.39 is 0 Å². The molecule has 23 heavy (non-hydrogen) atoms. The van der Waals surface area contributed by atoms with Crippen LogP contribution in [-0.2, 0) is 11.3 Å². The Balaban J connectivity index is 1.37. The first-order valence-electron chi connectivity index (χ1n) is 8.68. The van der Waals surface area contributed by atoms with Crippen molar-refractivity contribution in [1.82, 2.24) is 15.1 Å². The Labute approximate surface area is 138 Å². The van der Waals surface area contributed by atoms with Gasteiger partial charge in [-0.15, -0.1) is 0 Å². The number of nitrogens with one attached hydrogen (secondary N) is 1. The van der Waals surface area contributed by atoms with Gasteiger partial charge in [0.15, 0.2) is 0 Å². The molecule has 126 valence electrons. The van der Waals surface area contributed by atoms with Gasteiger partial charge in [-0.05, 0) is 24.3 Å². The standard InChI is InChI=1S/C18H27N3O2/c22-18(19-14-16-6-12-23-13-7-16)21-10-8-20(9-11-21)15-17-4-2-1-3-5-17/h1-5,16H,6-15H2,(H,19,22). The highest BCUT2D eigenvalue weighted by molar-refractivity contribution is 5.74. The number of hydrogen-bond acceptors (Lipinski definition) is 3. The number of amides is 2. The van der Waals surface area contributed by atoms with E-state index in [0.29, 0.717) is 5.92 Å². The van der Waals surface area contributed by atoms with Gasteiger partial charge >= 0.3 is 6.03 Å². The van der Waals surface area contributed by atoms with E-state index in [1.54, 1.807) is 0 Å². The summed E-state index contributed by atoms with van der Waals surface area (Å²) >= 11 is 0. The van der Waals surface area contributed by atoms with E-state index in [1.165, 1.54) is 5.56 Å². The zero-order valence-electron chi connectivity index (χ0n) is 13.7. The Hall–Kier alpha value is -1.59. The Morgan fingerprint density at radius 1 is 1.09 bits per heavy atom. The summed E-state index contributed by atoms with van der Waals surface area (Å²) in [5.74, 6) is 0.576. The van der Waals surface area contributed by atoms with Gasteiger partial charge in [0.2, 0.25) is 0 Å². The van der Waals surface area contributed by atoms with Gasteiger partial charge in [0.1, 0.15) is 0 Å². The monoisotopic (exact) mass is 317 g/mol. The second kappa shape index (κ2) is 8.31. The highest BCUT2D eigenvalue weighted by atomic mass is 16.5. The molecule has 2 amide bonds. The van der Waals surface area contributed by atoms with E-state index in [0.717, 1.165) is 65.3 Å². The molecule has 1 aromatic carbocycles. The first-order valence-corrected chi connectivity index (χ1v) is 8.68. The van der Waals surface area contributed by atoms with Crippen molar-refractivity contribution in [3.8, 4) is 0 Å². The molecule has 5 heteroatoms. The smallest absolute Gasteiger partial charge is 0.317 e. The van der Waals surface area contributed by atoms with Crippen molar-refractivity contribution in [2.45, 2.75) is 19.4 Å². The van der Waals surface area contributed by atoms with Crippen LogP contribution >= 0.6 is 0 Å². The Bertz CT molecular complexity index is 480. The van der Waals surface area contributed by atoms with Crippen LogP contribution in [0.15, 0.2) is 30.3 Å². The fraction of sp³-hybridized carbons (Fsp3) is 0.611. The molecule has 0 saturated carbocycles. The Morgan fingerprint density at radius 2 is 1.78 bits per heavy atom. The topological polar surface area (TPSA) is 44.8 Å². The molecule has 2 aliphatic heterocycles. The number of carbonyl (C=O) groups is 1. The summed E-state index contributed by atoms with van der Waals surface area (Å²) in [5.41, 5.74) is 1.34. The van der Waals surface area contributed by atoms with E-state index >= 15 is 0 Å². The van der Waals surface area contributed by atoms with Crippen molar-refractivity contribution < 1.29 is 9.53 Å². The molecule has 1 aromatic rings. The second-order valence-corrected chi connectivity index (χ2v) is 6.49. The van der Waals surface area contributed by atoms with Crippen LogP contribution in [0, 0.1) is 5.92 Å². The average Bonchev–Trinajstić information content (AvgIpc) is 2.62. The number of hydrogen-bond donors (Lipinski definition) is 1. The predicted molar refractivity (Wildman–Crippen MR) is 90.2 cm³/mol. The van der Waals surface area contributed by atoms with E-state index in [1.807, 2.05) is 11.0 Å². The summed E-state index contributed by atoms with van der Waals surface area (Å²) in [6, 6.07) is 10.6. The first-order chi connectivity index (χ1) is 11.3. The van der Waals surface area contributed by atoms with Gasteiger partial charge in [0.05, 0.1) is 0 Å². The van der Waals surface area contributed by atoms with Crippen molar-refractivity contribution in [2.75, 3.05) is 45.9 Å². The molecule has 0 radical (unpaired) electrons. The summed E-state index contributed by atoms with van der Waals surface area (Å²) in [6.07, 6.45) is 2.12. The minimum atomic E-state index is 0.0934. The van der Waals surface area contributed by atoms with Crippen LogP contribution in [0.1, 0.15) is 18.4 Å². The third-order valence-corrected chi connectivity index (χ3v) is 4.79. The molecule has 0 bridgehead atoms. The molecule has 0 unspecified atom stereocenters. The number of piperazine rings is 1. The van der Waals surface area contributed by atoms with Gasteiger partial charge in [-0.2, -0.15) is 0 Å². The normalized spacial score (nSPS) is 20.4. The molecule has 2 fully saturated rings. The molecular weight excluding hydrogens is 290 g/mol. The molecule has 1 N–H and O–H groups in total. The summed E-state index contributed by atoms with van der Waals surface area (Å²) in [4.78, 5) is 16.6. The molecule has 2 aliphatic rings. The SMILES string of the molecule is O=C(NCC1CCOCC1)N1CCN(Cc2ccccc2)CC1. The molecule has 3 rings (SSSR count). The number of carbonyl (C=O) groups excluding carboxylic acids is 1. The minimum absolute atomic E-state index is 0.0934. The molecule has 0 aromatic heterocycles. The van der Waals surface area contributed by atoms with Gasteiger partial charge in [-0.25, -0.2) is 4.79 Å². The maximum absolute atomic E-state index is 12.3. The van der Waals surface area contributed by atoms with Crippen LogP contribution < -0.4 is 5.32 Å². The highest BCUT2D eigenvalue weighted by Crippen LogP contribution is 2.13. The van der Waals surface area contributed by atoms with E-state index in [-0.39, 0.29) is 6.03 Å². The maximum atomic E-state index is 12.3. The summed E-state index contributed by atoms with van der Waals surface area (Å²) < 4.78 is 5.35. The molecule has 2 saturated heterocycles.